The van der Waals surface area contributed by atoms with Gasteiger partial charge in [-0.25, -0.2) is 4.98 Å². The first-order valence-corrected chi connectivity index (χ1v) is 13.9. The number of rotatable bonds is 2. The molecule has 1 aromatic rings. The van der Waals surface area contributed by atoms with Crippen LogP contribution in [0.15, 0.2) is 11.0 Å². The number of thiazole rings is 1. The first kappa shape index (κ1) is 29.0. The highest BCUT2D eigenvalue weighted by Gasteiger charge is 2.63. The van der Waals surface area contributed by atoms with Gasteiger partial charge in [0, 0.05) is 17.7 Å². The smallest absolute Gasteiger partial charge is 0.309 e. The van der Waals surface area contributed by atoms with Gasteiger partial charge in [0.15, 0.2) is 0 Å². The zero-order valence-electron chi connectivity index (χ0n) is 23.0. The number of epoxide rings is 1. The van der Waals surface area contributed by atoms with Gasteiger partial charge in [-0.1, -0.05) is 34.1 Å². The van der Waals surface area contributed by atoms with Crippen LogP contribution in [0.25, 0.3) is 6.08 Å². The van der Waals surface area contributed by atoms with Gasteiger partial charge in [0.2, 0.25) is 0 Å². The standard InChI is InChI=1S/C28H43NO6S/c1-16-10-9-11-27(7)28(8,35-27)14-21(17(2)12-20-15-36-19(4)29-20)34-23(31)13-22(30)26(5,6)25(33)18(3)24(16)32/h12,15-16,18,21-22,24,30,32H,9-11,13-14H2,1-8H3/t16-,18+,21-,22-,24-,27+,28-/m0/s1. The molecule has 2 fully saturated rings. The van der Waals surface area contributed by atoms with Gasteiger partial charge in [0.1, 0.15) is 11.9 Å². The first-order chi connectivity index (χ1) is 16.6. The normalized spacial score (nSPS) is 38.8. The van der Waals surface area contributed by atoms with Gasteiger partial charge in [-0.05, 0) is 58.1 Å². The molecule has 2 aliphatic heterocycles. The van der Waals surface area contributed by atoms with Crippen LogP contribution in [0.4, 0.5) is 0 Å². The third kappa shape index (κ3) is 6.09. The van der Waals surface area contributed by atoms with Crippen LogP contribution in [0.2, 0.25) is 0 Å². The number of aliphatic hydroxyl groups excluding tert-OH is 2. The lowest BCUT2D eigenvalue weighted by Gasteiger charge is -2.34. The molecule has 0 spiro atoms. The van der Waals surface area contributed by atoms with Gasteiger partial charge < -0.3 is 19.7 Å². The second-order valence-corrected chi connectivity index (χ2v) is 12.9. The zero-order valence-corrected chi connectivity index (χ0v) is 23.8. The Morgan fingerprint density at radius 1 is 1.17 bits per heavy atom. The second kappa shape index (κ2) is 10.6. The van der Waals surface area contributed by atoms with E-state index >= 15 is 0 Å². The number of aliphatic hydroxyl groups is 2. The number of ketones is 1. The molecule has 0 amide bonds. The van der Waals surface area contributed by atoms with E-state index in [2.05, 4.69) is 11.9 Å². The number of aromatic nitrogens is 1. The SMILES string of the molecule is CC(=Cc1csc(C)n1)[C@@H]1C[C@]2(C)O[C@]2(C)CCC[C@H](C)[C@H](O)[C@@H](C)C(=O)C(C)(C)[C@@H](O)CC(=O)O1. The third-order valence-corrected chi connectivity index (χ3v) is 9.34. The summed E-state index contributed by atoms with van der Waals surface area (Å²) in [6.07, 6.45) is 1.89. The van der Waals surface area contributed by atoms with Gasteiger partial charge in [-0.2, -0.15) is 0 Å². The van der Waals surface area contributed by atoms with E-state index in [0.717, 1.165) is 35.5 Å². The first-order valence-electron chi connectivity index (χ1n) is 13.0. The number of hydrogen-bond donors (Lipinski definition) is 2. The summed E-state index contributed by atoms with van der Waals surface area (Å²) < 4.78 is 12.2. The van der Waals surface area contributed by atoms with Crippen LogP contribution in [0.1, 0.15) is 91.3 Å². The molecule has 3 heterocycles. The fourth-order valence-electron chi connectivity index (χ4n) is 5.42. The van der Waals surface area contributed by atoms with Crippen LogP contribution in [0.3, 0.4) is 0 Å². The number of Topliss-reactive ketones (excluding diaryl/α,β-unsaturated/α-hetero) is 1. The van der Waals surface area contributed by atoms with E-state index in [9.17, 15) is 19.8 Å². The lowest BCUT2D eigenvalue weighted by Crippen LogP contribution is -2.45. The van der Waals surface area contributed by atoms with E-state index in [0.29, 0.717) is 6.42 Å². The largest absolute Gasteiger partial charge is 0.458 e. The van der Waals surface area contributed by atoms with Crippen molar-refractivity contribution in [3.8, 4) is 0 Å². The van der Waals surface area contributed by atoms with E-state index < -0.39 is 41.2 Å². The number of carbonyl (C=O) groups is 2. The molecule has 2 saturated heterocycles. The minimum Gasteiger partial charge on any atom is -0.458 e. The van der Waals surface area contributed by atoms with Crippen molar-refractivity contribution in [1.29, 1.82) is 0 Å². The fourth-order valence-corrected chi connectivity index (χ4v) is 5.99. The van der Waals surface area contributed by atoms with Crippen molar-refractivity contribution >= 4 is 29.2 Å². The molecule has 0 bridgehead atoms. The number of esters is 1. The number of cyclic esters (lactones) is 1. The predicted molar refractivity (Wildman–Crippen MR) is 140 cm³/mol. The van der Waals surface area contributed by atoms with Crippen LogP contribution in [-0.4, -0.2) is 56.5 Å². The molecule has 1 aromatic heterocycles. The van der Waals surface area contributed by atoms with E-state index in [1.54, 1.807) is 32.1 Å². The molecule has 8 heteroatoms. The lowest BCUT2D eigenvalue weighted by atomic mass is 9.73. The lowest BCUT2D eigenvalue weighted by molar-refractivity contribution is -0.154. The average Bonchev–Trinajstić information content (AvgIpc) is 3.08. The highest BCUT2D eigenvalue weighted by atomic mass is 32.1. The number of carbonyl (C=O) groups excluding carboxylic acids is 2. The number of hydrogen-bond acceptors (Lipinski definition) is 8. The Kier molecular flexibility index (Phi) is 8.55. The molecule has 0 unspecified atom stereocenters. The summed E-state index contributed by atoms with van der Waals surface area (Å²) in [5, 5.41) is 24.7. The summed E-state index contributed by atoms with van der Waals surface area (Å²) in [6.45, 7) is 14.9. The Labute approximate surface area is 219 Å². The minimum absolute atomic E-state index is 0.0807. The van der Waals surface area contributed by atoms with Crippen LogP contribution in [0.5, 0.6) is 0 Å². The molecule has 7 nitrogen and oxygen atoms in total. The molecule has 36 heavy (non-hydrogen) atoms. The van der Waals surface area contributed by atoms with Crippen LogP contribution >= 0.6 is 11.3 Å². The highest BCUT2D eigenvalue weighted by Crippen LogP contribution is 2.54. The molecular formula is C28H43NO6S. The van der Waals surface area contributed by atoms with Gasteiger partial charge in [0.05, 0.1) is 45.9 Å². The van der Waals surface area contributed by atoms with E-state index in [4.69, 9.17) is 9.47 Å². The van der Waals surface area contributed by atoms with Crippen LogP contribution in [0, 0.1) is 24.2 Å². The molecule has 0 saturated carbocycles. The summed E-state index contributed by atoms with van der Waals surface area (Å²) in [5.74, 6) is -1.57. The topological polar surface area (TPSA) is 109 Å². The van der Waals surface area contributed by atoms with Crippen molar-refractivity contribution in [1.82, 2.24) is 4.98 Å². The van der Waals surface area contributed by atoms with E-state index in [1.807, 2.05) is 39.2 Å². The van der Waals surface area contributed by atoms with E-state index in [-0.39, 0.29) is 23.7 Å². The Morgan fingerprint density at radius 3 is 2.44 bits per heavy atom. The minimum atomic E-state index is -1.24. The molecule has 0 aromatic carbocycles. The maximum Gasteiger partial charge on any atom is 0.309 e. The van der Waals surface area contributed by atoms with E-state index in [1.165, 1.54) is 0 Å². The molecule has 2 N–H and O–H groups in total. The Morgan fingerprint density at radius 2 is 1.83 bits per heavy atom. The zero-order chi connectivity index (χ0) is 27.1. The van der Waals surface area contributed by atoms with Gasteiger partial charge in [-0.3, -0.25) is 9.59 Å². The summed E-state index contributed by atoms with van der Waals surface area (Å²) in [7, 11) is 0. The highest BCUT2D eigenvalue weighted by molar-refractivity contribution is 7.09. The molecule has 2 aliphatic rings. The molecule has 0 aliphatic carbocycles. The molecule has 202 valence electrons. The number of nitrogens with zero attached hydrogens (tertiary/aromatic N) is 1. The van der Waals surface area contributed by atoms with Crippen LogP contribution < -0.4 is 0 Å². The second-order valence-electron chi connectivity index (χ2n) is 11.9. The Balaban J connectivity index is 1.90. The van der Waals surface area contributed by atoms with Crippen molar-refractivity contribution in [3.63, 3.8) is 0 Å². The quantitative estimate of drug-likeness (QED) is 0.422. The summed E-state index contributed by atoms with van der Waals surface area (Å²) in [6, 6.07) is 0. The Hall–Kier alpha value is -1.61. The van der Waals surface area contributed by atoms with Crippen molar-refractivity contribution < 1.29 is 29.3 Å². The molecule has 3 rings (SSSR count). The van der Waals surface area contributed by atoms with Crippen molar-refractivity contribution in [2.45, 2.75) is 117 Å². The summed E-state index contributed by atoms with van der Waals surface area (Å²) in [4.78, 5) is 30.8. The maximum absolute atomic E-state index is 13.3. The third-order valence-electron chi connectivity index (χ3n) is 8.55. The van der Waals surface area contributed by atoms with Gasteiger partial charge >= 0.3 is 5.97 Å². The number of aryl methyl sites for hydroxylation is 1. The predicted octanol–water partition coefficient (Wildman–Crippen LogP) is 4.87. The Bertz CT molecular complexity index is 1000. The van der Waals surface area contributed by atoms with Gasteiger partial charge in [-0.15, -0.1) is 11.3 Å². The molecule has 0 radical (unpaired) electrons. The van der Waals surface area contributed by atoms with Gasteiger partial charge in [0.25, 0.3) is 0 Å². The maximum atomic E-state index is 13.3. The monoisotopic (exact) mass is 521 g/mol. The fraction of sp³-hybridized carbons (Fsp3) is 0.750. The average molecular weight is 522 g/mol. The molecule has 7 atom stereocenters. The van der Waals surface area contributed by atoms with Crippen molar-refractivity contribution in [2.24, 2.45) is 17.3 Å². The van der Waals surface area contributed by atoms with Crippen molar-refractivity contribution in [3.05, 3.63) is 21.7 Å². The molecular weight excluding hydrogens is 478 g/mol. The summed E-state index contributed by atoms with van der Waals surface area (Å²) >= 11 is 1.56. The number of ether oxygens (including phenoxy) is 2. The number of fused-ring (bicyclic) bond motifs is 1. The summed E-state index contributed by atoms with van der Waals surface area (Å²) in [5.41, 5.74) is -0.371. The van der Waals surface area contributed by atoms with Crippen molar-refractivity contribution in [2.75, 3.05) is 0 Å². The van der Waals surface area contributed by atoms with Crippen LogP contribution in [-0.2, 0) is 19.1 Å².